The van der Waals surface area contributed by atoms with Crippen LogP contribution in [-0.2, 0) is 14.4 Å². The predicted molar refractivity (Wildman–Crippen MR) is 132 cm³/mol. The lowest BCUT2D eigenvalue weighted by molar-refractivity contribution is -0.140. The molecule has 3 saturated heterocycles. The van der Waals surface area contributed by atoms with Crippen LogP contribution in [0.25, 0.3) is 0 Å². The summed E-state index contributed by atoms with van der Waals surface area (Å²) in [5.41, 5.74) is 0.671. The Morgan fingerprint density at radius 2 is 1.86 bits per heavy atom. The van der Waals surface area contributed by atoms with E-state index in [4.69, 9.17) is 0 Å². The number of hydrogen-bond donors (Lipinski definition) is 2. The number of likely N-dealkylation sites (tertiary alicyclic amines) is 1. The fourth-order valence-corrected chi connectivity index (χ4v) is 5.89. The molecular formula is C26H38FN5O3. The van der Waals surface area contributed by atoms with Gasteiger partial charge in [0.15, 0.2) is 0 Å². The number of amides is 3. The van der Waals surface area contributed by atoms with E-state index in [2.05, 4.69) is 27.4 Å². The number of halogens is 1. The Morgan fingerprint density at radius 3 is 2.49 bits per heavy atom. The van der Waals surface area contributed by atoms with Gasteiger partial charge in [-0.3, -0.25) is 19.3 Å². The third kappa shape index (κ3) is 5.77. The minimum Gasteiger partial charge on any atom is -0.369 e. The van der Waals surface area contributed by atoms with Gasteiger partial charge in [-0.1, -0.05) is 0 Å². The van der Waals surface area contributed by atoms with E-state index in [1.54, 1.807) is 11.8 Å². The summed E-state index contributed by atoms with van der Waals surface area (Å²) in [7, 11) is 0. The van der Waals surface area contributed by atoms with Crippen molar-refractivity contribution in [2.75, 3.05) is 44.2 Å². The maximum Gasteiger partial charge on any atom is 0.244 e. The SMILES string of the molecule is CC(=O)N[C@@H](C)C(=O)N1CCC2(CC1)C[C@H](CCN1CCN(c3ccc(F)cc3)C[C@H]1C)NC2=O. The van der Waals surface area contributed by atoms with Crippen molar-refractivity contribution < 1.29 is 18.8 Å². The highest BCUT2D eigenvalue weighted by Crippen LogP contribution is 2.41. The lowest BCUT2D eigenvalue weighted by Gasteiger charge is -2.41. The van der Waals surface area contributed by atoms with Gasteiger partial charge in [0.2, 0.25) is 17.7 Å². The van der Waals surface area contributed by atoms with Crippen LogP contribution in [0, 0.1) is 11.2 Å². The van der Waals surface area contributed by atoms with Crippen LogP contribution in [0.1, 0.15) is 46.5 Å². The number of benzene rings is 1. The standard InChI is InChI=1S/C26H38FN5O3/c1-18-17-32(23-6-4-21(27)5-7-23)15-14-30(18)11-8-22-16-26(25(35)29-22)9-12-31(13-10-26)24(34)19(2)28-20(3)33/h4-7,18-19,22H,8-17H2,1-3H3,(H,28,33)(H,29,35)/t18-,19+,22+/m1/s1. The van der Waals surface area contributed by atoms with Crippen LogP contribution < -0.4 is 15.5 Å². The molecule has 3 heterocycles. The smallest absolute Gasteiger partial charge is 0.244 e. The van der Waals surface area contributed by atoms with Crippen LogP contribution in [0.4, 0.5) is 10.1 Å². The van der Waals surface area contributed by atoms with Gasteiger partial charge < -0.3 is 20.4 Å². The molecule has 3 aliphatic heterocycles. The molecule has 3 amide bonds. The second-order valence-electron chi connectivity index (χ2n) is 10.5. The number of nitrogens with one attached hydrogen (secondary N) is 2. The van der Waals surface area contributed by atoms with Gasteiger partial charge in [-0.15, -0.1) is 0 Å². The van der Waals surface area contributed by atoms with Gasteiger partial charge in [0.25, 0.3) is 0 Å². The molecular weight excluding hydrogens is 449 g/mol. The minimum atomic E-state index is -0.544. The molecule has 0 aliphatic carbocycles. The van der Waals surface area contributed by atoms with Crippen molar-refractivity contribution in [3.8, 4) is 0 Å². The Bertz CT molecular complexity index is 931. The molecule has 0 radical (unpaired) electrons. The van der Waals surface area contributed by atoms with Crippen molar-refractivity contribution in [1.29, 1.82) is 0 Å². The lowest BCUT2D eigenvalue weighted by atomic mass is 9.75. The monoisotopic (exact) mass is 487 g/mol. The maximum absolute atomic E-state index is 13.2. The Labute approximate surface area is 207 Å². The molecule has 0 bridgehead atoms. The molecule has 3 aliphatic rings. The Kier molecular flexibility index (Phi) is 7.64. The average Bonchev–Trinajstić information content (AvgIpc) is 3.12. The third-order valence-electron chi connectivity index (χ3n) is 8.00. The summed E-state index contributed by atoms with van der Waals surface area (Å²) in [5, 5.41) is 5.88. The average molecular weight is 488 g/mol. The Hall–Kier alpha value is -2.68. The Balaban J connectivity index is 1.24. The largest absolute Gasteiger partial charge is 0.369 e. The van der Waals surface area contributed by atoms with E-state index in [0.29, 0.717) is 32.0 Å². The van der Waals surface area contributed by atoms with Gasteiger partial charge in [0.05, 0.1) is 5.41 Å². The van der Waals surface area contributed by atoms with Crippen LogP contribution in [0.5, 0.6) is 0 Å². The van der Waals surface area contributed by atoms with Gasteiger partial charge in [0.1, 0.15) is 11.9 Å². The van der Waals surface area contributed by atoms with E-state index >= 15 is 0 Å². The van der Waals surface area contributed by atoms with Crippen LogP contribution in [0.3, 0.4) is 0 Å². The first-order valence-corrected chi connectivity index (χ1v) is 12.8. The van der Waals surface area contributed by atoms with Crippen LogP contribution >= 0.6 is 0 Å². The summed E-state index contributed by atoms with van der Waals surface area (Å²) < 4.78 is 13.2. The fraction of sp³-hybridized carbons (Fsp3) is 0.654. The summed E-state index contributed by atoms with van der Waals surface area (Å²) in [6.45, 7) is 10.1. The van der Waals surface area contributed by atoms with Gasteiger partial charge in [-0.2, -0.15) is 0 Å². The number of carbonyl (C=O) groups excluding carboxylic acids is 3. The number of nitrogens with zero attached hydrogens (tertiary/aromatic N) is 3. The molecule has 2 N–H and O–H groups in total. The molecule has 192 valence electrons. The van der Waals surface area contributed by atoms with Crippen molar-refractivity contribution in [3.05, 3.63) is 30.1 Å². The molecule has 0 aromatic heterocycles. The quantitative estimate of drug-likeness (QED) is 0.639. The first-order valence-electron chi connectivity index (χ1n) is 12.8. The number of piperidine rings is 1. The van der Waals surface area contributed by atoms with E-state index in [9.17, 15) is 18.8 Å². The van der Waals surface area contributed by atoms with Gasteiger partial charge in [-0.25, -0.2) is 4.39 Å². The van der Waals surface area contributed by atoms with Gasteiger partial charge in [0, 0.05) is 64.0 Å². The third-order valence-corrected chi connectivity index (χ3v) is 8.00. The summed E-state index contributed by atoms with van der Waals surface area (Å²) in [6, 6.07) is 6.68. The van der Waals surface area contributed by atoms with Gasteiger partial charge >= 0.3 is 0 Å². The first-order chi connectivity index (χ1) is 16.7. The molecule has 0 unspecified atom stereocenters. The summed E-state index contributed by atoms with van der Waals surface area (Å²) >= 11 is 0. The highest BCUT2D eigenvalue weighted by Gasteiger charge is 2.48. The second-order valence-corrected chi connectivity index (χ2v) is 10.5. The lowest BCUT2D eigenvalue weighted by Crippen LogP contribution is -2.52. The number of anilines is 1. The molecule has 9 heteroatoms. The number of carbonyl (C=O) groups is 3. The van der Waals surface area contributed by atoms with Crippen molar-refractivity contribution in [3.63, 3.8) is 0 Å². The molecule has 3 fully saturated rings. The molecule has 1 aromatic rings. The normalized spacial score (nSPS) is 25.4. The van der Waals surface area contributed by atoms with Crippen LogP contribution in [0.2, 0.25) is 0 Å². The molecule has 1 aromatic carbocycles. The highest BCUT2D eigenvalue weighted by molar-refractivity contribution is 5.88. The Morgan fingerprint density at radius 1 is 1.17 bits per heavy atom. The van der Waals surface area contributed by atoms with Crippen molar-refractivity contribution in [2.45, 2.75) is 64.6 Å². The highest BCUT2D eigenvalue weighted by atomic mass is 19.1. The zero-order valence-corrected chi connectivity index (χ0v) is 21.1. The van der Waals surface area contributed by atoms with E-state index < -0.39 is 6.04 Å². The van der Waals surface area contributed by atoms with Crippen molar-refractivity contribution in [2.24, 2.45) is 5.41 Å². The van der Waals surface area contributed by atoms with E-state index in [1.807, 2.05) is 12.1 Å². The summed E-state index contributed by atoms with van der Waals surface area (Å²) in [6.07, 6.45) is 3.07. The fourth-order valence-electron chi connectivity index (χ4n) is 5.89. The molecule has 8 nitrogen and oxygen atoms in total. The van der Waals surface area contributed by atoms with Gasteiger partial charge in [-0.05, 0) is 63.8 Å². The topological polar surface area (TPSA) is 85.0 Å². The maximum atomic E-state index is 13.2. The number of hydrogen-bond acceptors (Lipinski definition) is 5. The molecule has 0 saturated carbocycles. The zero-order valence-electron chi connectivity index (χ0n) is 21.1. The minimum absolute atomic E-state index is 0.0845. The molecule has 35 heavy (non-hydrogen) atoms. The summed E-state index contributed by atoms with van der Waals surface area (Å²) in [5.74, 6) is -0.394. The molecule has 3 atom stereocenters. The number of piperazine rings is 1. The summed E-state index contributed by atoms with van der Waals surface area (Å²) in [4.78, 5) is 43.3. The van der Waals surface area contributed by atoms with Crippen LogP contribution in [-0.4, -0.2) is 84.9 Å². The zero-order chi connectivity index (χ0) is 25.2. The first kappa shape index (κ1) is 25.4. The van der Waals surface area contributed by atoms with Crippen molar-refractivity contribution in [1.82, 2.24) is 20.4 Å². The predicted octanol–water partition coefficient (Wildman–Crippen LogP) is 1.75. The molecule has 1 spiro atoms. The van der Waals surface area contributed by atoms with Crippen LogP contribution in [0.15, 0.2) is 24.3 Å². The second kappa shape index (κ2) is 10.5. The van der Waals surface area contributed by atoms with Crippen molar-refractivity contribution >= 4 is 23.4 Å². The molecule has 4 rings (SSSR count). The van der Waals surface area contributed by atoms with E-state index in [0.717, 1.165) is 44.7 Å². The van der Waals surface area contributed by atoms with E-state index in [-0.39, 0.29) is 35.0 Å². The van der Waals surface area contributed by atoms with E-state index in [1.165, 1.54) is 19.1 Å². The number of rotatable bonds is 6.